The molecule has 0 N–H and O–H groups in total. The van der Waals surface area contributed by atoms with E-state index in [1.807, 2.05) is 25.8 Å². The molecule has 0 unspecified atom stereocenters. The van der Waals surface area contributed by atoms with E-state index >= 15 is 0 Å². The van der Waals surface area contributed by atoms with Crippen molar-refractivity contribution in [3.05, 3.63) is 0 Å². The smallest absolute Gasteiger partial charge is 0.238 e. The van der Waals surface area contributed by atoms with Crippen molar-refractivity contribution >= 4 is 5.91 Å². The summed E-state index contributed by atoms with van der Waals surface area (Å²) in [7, 11) is 1.98. The van der Waals surface area contributed by atoms with E-state index in [1.165, 1.54) is 0 Å². The zero-order valence-corrected chi connectivity index (χ0v) is 7.66. The van der Waals surface area contributed by atoms with Gasteiger partial charge in [0, 0.05) is 6.04 Å². The zero-order chi connectivity index (χ0) is 8.59. The van der Waals surface area contributed by atoms with Gasteiger partial charge in [-0.3, -0.25) is 9.69 Å². The fourth-order valence-corrected chi connectivity index (χ4v) is 1.57. The van der Waals surface area contributed by atoms with Crippen LogP contribution < -0.4 is 0 Å². The molecule has 1 heterocycles. The number of likely N-dealkylation sites (N-methyl/N-ethyl adjacent to an activating group) is 1. The Balaban J connectivity index is 2.71. The molecular formula is C8H16N2O. The van der Waals surface area contributed by atoms with Crippen LogP contribution in [0.5, 0.6) is 0 Å². The molecule has 1 rings (SSSR count). The van der Waals surface area contributed by atoms with Gasteiger partial charge in [-0.25, -0.2) is 0 Å². The van der Waals surface area contributed by atoms with E-state index in [4.69, 9.17) is 0 Å². The van der Waals surface area contributed by atoms with Crippen LogP contribution in [0.15, 0.2) is 0 Å². The van der Waals surface area contributed by atoms with Crippen molar-refractivity contribution in [2.45, 2.75) is 33.0 Å². The largest absolute Gasteiger partial charge is 0.324 e. The average Bonchev–Trinajstić information content (AvgIpc) is 2.07. The van der Waals surface area contributed by atoms with Crippen molar-refractivity contribution in [1.29, 1.82) is 0 Å². The van der Waals surface area contributed by atoms with E-state index in [9.17, 15) is 4.79 Å². The van der Waals surface area contributed by atoms with Gasteiger partial charge in [-0.05, 0) is 27.8 Å². The van der Waals surface area contributed by atoms with Crippen molar-refractivity contribution < 1.29 is 4.79 Å². The van der Waals surface area contributed by atoms with Gasteiger partial charge in [0.05, 0.1) is 12.7 Å². The van der Waals surface area contributed by atoms with Gasteiger partial charge < -0.3 is 4.90 Å². The molecule has 1 atom stereocenters. The summed E-state index contributed by atoms with van der Waals surface area (Å²) in [5, 5.41) is 0. The summed E-state index contributed by atoms with van der Waals surface area (Å²) >= 11 is 0. The van der Waals surface area contributed by atoms with Crippen LogP contribution in [0.4, 0.5) is 0 Å². The minimum atomic E-state index is 0.245. The fraction of sp³-hybridized carbons (Fsp3) is 0.875. The standard InChI is InChI=1S/C8H16N2O/c1-6(2)10-7(3)9(4)5-8(10)11/h6-7H,5H2,1-4H3/t7-/m1/s1. The van der Waals surface area contributed by atoms with Gasteiger partial charge in [0.25, 0.3) is 0 Å². The summed E-state index contributed by atoms with van der Waals surface area (Å²) in [6, 6.07) is 0.322. The second-order valence-electron chi connectivity index (χ2n) is 3.44. The van der Waals surface area contributed by atoms with E-state index in [-0.39, 0.29) is 12.1 Å². The first-order valence-electron chi connectivity index (χ1n) is 4.05. The van der Waals surface area contributed by atoms with Crippen molar-refractivity contribution in [2.75, 3.05) is 13.6 Å². The maximum absolute atomic E-state index is 11.3. The van der Waals surface area contributed by atoms with E-state index in [1.54, 1.807) is 0 Å². The van der Waals surface area contributed by atoms with E-state index in [0.29, 0.717) is 12.6 Å². The third kappa shape index (κ3) is 1.38. The molecule has 3 nitrogen and oxygen atoms in total. The molecule has 0 bridgehead atoms. The van der Waals surface area contributed by atoms with Crippen LogP contribution in [0.2, 0.25) is 0 Å². The summed E-state index contributed by atoms with van der Waals surface area (Å²) < 4.78 is 0. The molecule has 11 heavy (non-hydrogen) atoms. The van der Waals surface area contributed by atoms with Gasteiger partial charge in [0.2, 0.25) is 5.91 Å². The van der Waals surface area contributed by atoms with Gasteiger partial charge in [-0.2, -0.15) is 0 Å². The Kier molecular flexibility index (Phi) is 2.18. The highest BCUT2D eigenvalue weighted by molar-refractivity contribution is 5.80. The highest BCUT2D eigenvalue weighted by Crippen LogP contribution is 2.15. The number of nitrogens with zero attached hydrogens (tertiary/aromatic N) is 2. The van der Waals surface area contributed by atoms with Crippen molar-refractivity contribution in [3.8, 4) is 0 Å². The second-order valence-corrected chi connectivity index (χ2v) is 3.44. The lowest BCUT2D eigenvalue weighted by molar-refractivity contribution is -0.129. The molecule has 0 aliphatic carbocycles. The van der Waals surface area contributed by atoms with E-state index in [0.717, 1.165) is 0 Å². The average molecular weight is 156 g/mol. The van der Waals surface area contributed by atoms with Crippen LogP contribution >= 0.6 is 0 Å². The molecule has 1 aliphatic heterocycles. The molecule has 1 fully saturated rings. The first-order chi connectivity index (χ1) is 5.04. The number of carbonyl (C=O) groups is 1. The third-order valence-electron chi connectivity index (χ3n) is 2.27. The van der Waals surface area contributed by atoms with Crippen LogP contribution in [-0.4, -0.2) is 41.5 Å². The zero-order valence-electron chi connectivity index (χ0n) is 7.66. The number of rotatable bonds is 1. The normalized spacial score (nSPS) is 27.2. The number of hydrogen-bond donors (Lipinski definition) is 0. The van der Waals surface area contributed by atoms with E-state index < -0.39 is 0 Å². The molecule has 0 saturated carbocycles. The lowest BCUT2D eigenvalue weighted by Gasteiger charge is -2.27. The maximum atomic E-state index is 11.3. The fourth-order valence-electron chi connectivity index (χ4n) is 1.57. The Labute approximate surface area is 68.0 Å². The topological polar surface area (TPSA) is 23.6 Å². The van der Waals surface area contributed by atoms with Crippen LogP contribution in [0, 0.1) is 0 Å². The first-order valence-corrected chi connectivity index (χ1v) is 4.05. The van der Waals surface area contributed by atoms with Crippen molar-refractivity contribution in [1.82, 2.24) is 9.80 Å². The van der Waals surface area contributed by atoms with Crippen molar-refractivity contribution in [2.24, 2.45) is 0 Å². The van der Waals surface area contributed by atoms with E-state index in [2.05, 4.69) is 11.8 Å². The SMILES string of the molecule is CC(C)N1C(=O)CN(C)[C@H]1C. The molecule has 0 aromatic carbocycles. The molecule has 0 aromatic heterocycles. The molecule has 0 spiro atoms. The molecule has 64 valence electrons. The van der Waals surface area contributed by atoms with Crippen LogP contribution in [-0.2, 0) is 4.79 Å². The van der Waals surface area contributed by atoms with Crippen LogP contribution in [0.25, 0.3) is 0 Å². The Bertz CT molecular complexity index is 167. The van der Waals surface area contributed by atoms with Crippen molar-refractivity contribution in [3.63, 3.8) is 0 Å². The Morgan fingerprint density at radius 2 is 2.09 bits per heavy atom. The second kappa shape index (κ2) is 2.81. The highest BCUT2D eigenvalue weighted by atomic mass is 16.2. The first kappa shape index (κ1) is 8.53. The van der Waals surface area contributed by atoms with Gasteiger partial charge in [0.1, 0.15) is 0 Å². The van der Waals surface area contributed by atoms with Crippen LogP contribution in [0.1, 0.15) is 20.8 Å². The quantitative estimate of drug-likeness (QED) is 0.552. The minimum absolute atomic E-state index is 0.245. The summed E-state index contributed by atoms with van der Waals surface area (Å²) in [6.07, 6.45) is 0.266. The summed E-state index contributed by atoms with van der Waals surface area (Å²) in [5.74, 6) is 0.245. The molecular weight excluding hydrogens is 140 g/mol. The summed E-state index contributed by atoms with van der Waals surface area (Å²) in [6.45, 7) is 6.73. The highest BCUT2D eigenvalue weighted by Gasteiger charge is 2.33. The minimum Gasteiger partial charge on any atom is -0.324 e. The Morgan fingerprint density at radius 1 is 1.55 bits per heavy atom. The molecule has 1 saturated heterocycles. The van der Waals surface area contributed by atoms with Crippen LogP contribution in [0.3, 0.4) is 0 Å². The Morgan fingerprint density at radius 3 is 2.27 bits per heavy atom. The lowest BCUT2D eigenvalue weighted by atomic mass is 10.3. The predicted molar refractivity (Wildman–Crippen MR) is 44.1 cm³/mol. The molecule has 0 radical (unpaired) electrons. The number of hydrogen-bond acceptors (Lipinski definition) is 2. The predicted octanol–water partition coefficient (Wildman–Crippen LogP) is 0.515. The molecule has 1 aliphatic rings. The van der Waals surface area contributed by atoms with Gasteiger partial charge >= 0.3 is 0 Å². The van der Waals surface area contributed by atoms with Gasteiger partial charge in [-0.1, -0.05) is 0 Å². The lowest BCUT2D eigenvalue weighted by Crippen LogP contribution is -2.40. The molecule has 3 heteroatoms. The maximum Gasteiger partial charge on any atom is 0.238 e. The summed E-state index contributed by atoms with van der Waals surface area (Å²) in [4.78, 5) is 15.3. The monoisotopic (exact) mass is 156 g/mol. The Hall–Kier alpha value is -0.570. The molecule has 0 aromatic rings. The number of carbonyl (C=O) groups excluding carboxylic acids is 1. The van der Waals surface area contributed by atoms with Gasteiger partial charge in [-0.15, -0.1) is 0 Å². The third-order valence-corrected chi connectivity index (χ3v) is 2.27. The van der Waals surface area contributed by atoms with Gasteiger partial charge in [0.15, 0.2) is 0 Å². The number of amides is 1. The summed E-state index contributed by atoms with van der Waals surface area (Å²) in [5.41, 5.74) is 0. The molecule has 1 amide bonds.